The van der Waals surface area contributed by atoms with Gasteiger partial charge in [-0.3, -0.25) is 9.59 Å². The van der Waals surface area contributed by atoms with Crippen LogP contribution in [0.3, 0.4) is 0 Å². The van der Waals surface area contributed by atoms with Crippen molar-refractivity contribution in [3.05, 3.63) is 11.4 Å². The van der Waals surface area contributed by atoms with E-state index in [1.165, 1.54) is 4.90 Å². The molecule has 0 aliphatic rings. The van der Waals surface area contributed by atoms with Crippen LogP contribution in [0.1, 0.15) is 31.2 Å². The molecule has 0 radical (unpaired) electrons. The van der Waals surface area contributed by atoms with Crippen LogP contribution in [0, 0.1) is 13.8 Å². The van der Waals surface area contributed by atoms with E-state index in [2.05, 4.69) is 15.3 Å². The van der Waals surface area contributed by atoms with Crippen LogP contribution in [0.5, 0.6) is 0 Å². The van der Waals surface area contributed by atoms with E-state index >= 15 is 0 Å². The summed E-state index contributed by atoms with van der Waals surface area (Å²) in [5.74, 6) is 0.313. The minimum Gasteiger partial charge on any atom is -0.347 e. The number of nitrogens with one attached hydrogen (secondary N) is 1. The molecule has 122 valence electrons. The maximum atomic E-state index is 12.1. The van der Waals surface area contributed by atoms with E-state index < -0.39 is 0 Å². The summed E-state index contributed by atoms with van der Waals surface area (Å²) in [6, 6.07) is 0. The summed E-state index contributed by atoms with van der Waals surface area (Å²) in [5.41, 5.74) is 2.01. The predicted molar refractivity (Wildman–Crippen MR) is 87.0 cm³/mol. The highest BCUT2D eigenvalue weighted by Gasteiger charge is 2.15. The molecule has 7 nitrogen and oxygen atoms in total. The van der Waals surface area contributed by atoms with Crippen molar-refractivity contribution in [3.8, 4) is 0 Å². The van der Waals surface area contributed by atoms with Gasteiger partial charge in [-0.1, -0.05) is 6.92 Å². The zero-order valence-corrected chi connectivity index (χ0v) is 14.2. The topological polar surface area (TPSA) is 78.4 Å². The molecule has 0 bridgehead atoms. The standard InChI is InChI=1S/C15H25N5O2/c1-7-8-13(22)20(6)9-12(21)18-14-10(2)16-15(19(4)5)17-11(14)3/h7-9H2,1-6H3,(H,18,21). The summed E-state index contributed by atoms with van der Waals surface area (Å²) in [5, 5.41) is 2.80. The highest BCUT2D eigenvalue weighted by molar-refractivity contribution is 5.95. The summed E-state index contributed by atoms with van der Waals surface area (Å²) < 4.78 is 0. The quantitative estimate of drug-likeness (QED) is 0.858. The molecule has 0 saturated heterocycles. The fourth-order valence-electron chi connectivity index (χ4n) is 1.97. The van der Waals surface area contributed by atoms with Gasteiger partial charge in [0.1, 0.15) is 0 Å². The highest BCUT2D eigenvalue weighted by Crippen LogP contribution is 2.19. The molecule has 1 heterocycles. The largest absolute Gasteiger partial charge is 0.347 e. The number of aryl methyl sites for hydroxylation is 2. The van der Waals surface area contributed by atoms with Gasteiger partial charge in [-0.05, 0) is 20.3 Å². The lowest BCUT2D eigenvalue weighted by atomic mass is 10.2. The van der Waals surface area contributed by atoms with Crippen molar-refractivity contribution in [1.82, 2.24) is 14.9 Å². The molecule has 1 aromatic rings. The van der Waals surface area contributed by atoms with E-state index in [0.717, 1.165) is 6.42 Å². The number of carbonyl (C=O) groups excluding carboxylic acids is 2. The van der Waals surface area contributed by atoms with E-state index in [0.29, 0.717) is 29.4 Å². The number of rotatable bonds is 6. The molecule has 0 aliphatic carbocycles. The molecule has 2 amide bonds. The molecular weight excluding hydrogens is 282 g/mol. The number of carbonyl (C=O) groups is 2. The predicted octanol–water partition coefficient (Wildman–Crippen LogP) is 1.36. The smallest absolute Gasteiger partial charge is 0.244 e. The Bertz CT molecular complexity index is 534. The van der Waals surface area contributed by atoms with E-state index in [4.69, 9.17) is 0 Å². The van der Waals surface area contributed by atoms with Crippen LogP contribution in [-0.2, 0) is 9.59 Å². The van der Waals surface area contributed by atoms with Crippen LogP contribution < -0.4 is 10.2 Å². The van der Waals surface area contributed by atoms with Gasteiger partial charge >= 0.3 is 0 Å². The average molecular weight is 307 g/mol. The third-order valence-electron chi connectivity index (χ3n) is 3.19. The zero-order valence-electron chi connectivity index (χ0n) is 14.2. The fourth-order valence-corrected chi connectivity index (χ4v) is 1.97. The van der Waals surface area contributed by atoms with E-state index in [-0.39, 0.29) is 18.4 Å². The molecule has 0 aromatic carbocycles. The van der Waals surface area contributed by atoms with Gasteiger partial charge in [0.2, 0.25) is 17.8 Å². The first-order valence-electron chi connectivity index (χ1n) is 7.32. The van der Waals surface area contributed by atoms with Gasteiger partial charge < -0.3 is 15.1 Å². The molecule has 7 heteroatoms. The van der Waals surface area contributed by atoms with Gasteiger partial charge in [0, 0.05) is 27.6 Å². The van der Waals surface area contributed by atoms with E-state index in [1.807, 2.05) is 39.8 Å². The van der Waals surface area contributed by atoms with Crippen molar-refractivity contribution in [1.29, 1.82) is 0 Å². The average Bonchev–Trinajstić information content (AvgIpc) is 2.42. The van der Waals surface area contributed by atoms with Crippen LogP contribution in [0.2, 0.25) is 0 Å². The molecule has 0 saturated carbocycles. The van der Waals surface area contributed by atoms with Gasteiger partial charge in [0.15, 0.2) is 0 Å². The molecule has 22 heavy (non-hydrogen) atoms. The van der Waals surface area contributed by atoms with Crippen LogP contribution in [0.15, 0.2) is 0 Å². The maximum absolute atomic E-state index is 12.1. The molecule has 1 rings (SSSR count). The molecule has 0 aliphatic heterocycles. The Labute approximate surface area is 131 Å². The molecule has 1 aromatic heterocycles. The van der Waals surface area contributed by atoms with Crippen molar-refractivity contribution < 1.29 is 9.59 Å². The molecule has 0 spiro atoms. The summed E-state index contributed by atoms with van der Waals surface area (Å²) >= 11 is 0. The van der Waals surface area contributed by atoms with Gasteiger partial charge in [-0.15, -0.1) is 0 Å². The van der Waals surface area contributed by atoms with Crippen LogP contribution in [-0.4, -0.2) is 54.4 Å². The lowest BCUT2D eigenvalue weighted by Gasteiger charge is -2.18. The van der Waals surface area contributed by atoms with Gasteiger partial charge in [0.05, 0.1) is 23.6 Å². The summed E-state index contributed by atoms with van der Waals surface area (Å²) in [4.78, 5) is 35.7. The van der Waals surface area contributed by atoms with Crippen molar-refractivity contribution >= 4 is 23.5 Å². The first-order valence-corrected chi connectivity index (χ1v) is 7.32. The highest BCUT2D eigenvalue weighted by atomic mass is 16.2. The van der Waals surface area contributed by atoms with E-state index in [1.54, 1.807) is 7.05 Å². The van der Waals surface area contributed by atoms with Crippen LogP contribution >= 0.6 is 0 Å². The lowest BCUT2D eigenvalue weighted by Crippen LogP contribution is -2.35. The number of amides is 2. The second-order valence-corrected chi connectivity index (χ2v) is 5.51. The number of aromatic nitrogens is 2. The summed E-state index contributed by atoms with van der Waals surface area (Å²) in [7, 11) is 5.35. The summed E-state index contributed by atoms with van der Waals surface area (Å²) in [6.45, 7) is 5.60. The minimum absolute atomic E-state index is 0.0210. The number of anilines is 2. The van der Waals surface area contributed by atoms with Crippen molar-refractivity contribution in [3.63, 3.8) is 0 Å². The normalized spacial score (nSPS) is 10.3. The Morgan fingerprint density at radius 2 is 1.64 bits per heavy atom. The summed E-state index contributed by atoms with van der Waals surface area (Å²) in [6.07, 6.45) is 1.21. The second kappa shape index (κ2) is 7.72. The van der Waals surface area contributed by atoms with E-state index in [9.17, 15) is 9.59 Å². The molecule has 0 fully saturated rings. The zero-order chi connectivity index (χ0) is 16.9. The van der Waals surface area contributed by atoms with Crippen molar-refractivity contribution in [2.45, 2.75) is 33.6 Å². The number of nitrogens with zero attached hydrogens (tertiary/aromatic N) is 4. The third kappa shape index (κ3) is 4.68. The molecule has 0 unspecified atom stereocenters. The maximum Gasteiger partial charge on any atom is 0.244 e. The Balaban J connectivity index is 2.78. The van der Waals surface area contributed by atoms with Crippen LogP contribution in [0.4, 0.5) is 11.6 Å². The Kier molecular flexibility index (Phi) is 6.27. The van der Waals surface area contributed by atoms with Crippen molar-refractivity contribution in [2.24, 2.45) is 0 Å². The number of likely N-dealkylation sites (N-methyl/N-ethyl adjacent to an activating group) is 1. The lowest BCUT2D eigenvalue weighted by molar-refractivity contribution is -0.133. The molecule has 1 N–H and O–H groups in total. The Morgan fingerprint density at radius 3 is 2.09 bits per heavy atom. The second-order valence-electron chi connectivity index (χ2n) is 5.51. The first kappa shape index (κ1) is 17.9. The van der Waals surface area contributed by atoms with Gasteiger partial charge in [0.25, 0.3) is 0 Å². The van der Waals surface area contributed by atoms with Gasteiger partial charge in [-0.25, -0.2) is 9.97 Å². The monoisotopic (exact) mass is 307 g/mol. The first-order chi connectivity index (χ1) is 10.3. The number of hydrogen-bond donors (Lipinski definition) is 1. The molecular formula is C15H25N5O2. The van der Waals surface area contributed by atoms with Crippen molar-refractivity contribution in [2.75, 3.05) is 37.9 Å². The SMILES string of the molecule is CCCC(=O)N(C)CC(=O)Nc1c(C)nc(N(C)C)nc1C. The fraction of sp³-hybridized carbons (Fsp3) is 0.600. The Hall–Kier alpha value is -2.18. The van der Waals surface area contributed by atoms with Gasteiger partial charge in [-0.2, -0.15) is 0 Å². The molecule has 0 atom stereocenters. The minimum atomic E-state index is -0.251. The third-order valence-corrected chi connectivity index (χ3v) is 3.19. The number of hydrogen-bond acceptors (Lipinski definition) is 5. The van der Waals surface area contributed by atoms with Crippen LogP contribution in [0.25, 0.3) is 0 Å². The Morgan fingerprint density at radius 1 is 1.09 bits per heavy atom.